The number of hydrogen-bond donors (Lipinski definition) is 1. The topological polar surface area (TPSA) is 130 Å². The van der Waals surface area contributed by atoms with Gasteiger partial charge in [0.2, 0.25) is 15.8 Å². The number of aliphatic hydroxyl groups excluding tert-OH is 1. The summed E-state index contributed by atoms with van der Waals surface area (Å²) in [5.41, 5.74) is 3.52. The molecule has 200 valence electrons. The van der Waals surface area contributed by atoms with Gasteiger partial charge in [0, 0.05) is 17.7 Å². The van der Waals surface area contributed by atoms with Gasteiger partial charge in [-0.05, 0) is 68.1 Å². The van der Waals surface area contributed by atoms with Gasteiger partial charge < -0.3 is 14.4 Å². The molecule has 0 saturated heterocycles. The summed E-state index contributed by atoms with van der Waals surface area (Å²) in [4.78, 5) is 4.78. The number of sulfonamides is 1. The number of hydrogen-bond acceptors (Lipinski definition) is 8. The number of fused-ring (bicyclic) bond motifs is 1. The van der Waals surface area contributed by atoms with Gasteiger partial charge >= 0.3 is 0 Å². The standard InChI is InChI=1S/C29H28N4O5S/c1-19(2)37-27-14-11-20(17-21(27)18-30)29-31-28(32-38-29)25-10-6-9-24-23(25)12-13-26(24)33(15-16-34)39(35,36)22-7-4-3-5-8-22/h3-11,14,17,19,26,34H,12-13,15-16H2,1-2H3/t26-/m0/s1. The van der Waals surface area contributed by atoms with Gasteiger partial charge in [0.15, 0.2) is 0 Å². The molecule has 0 amide bonds. The summed E-state index contributed by atoms with van der Waals surface area (Å²) in [5, 5.41) is 23.5. The van der Waals surface area contributed by atoms with Crippen LogP contribution in [0.4, 0.5) is 0 Å². The first-order valence-corrected chi connectivity index (χ1v) is 14.1. The molecular formula is C29H28N4O5S. The van der Waals surface area contributed by atoms with Crippen molar-refractivity contribution in [2.24, 2.45) is 0 Å². The van der Waals surface area contributed by atoms with Crippen molar-refractivity contribution in [1.82, 2.24) is 14.4 Å². The Morgan fingerprint density at radius 1 is 1.15 bits per heavy atom. The molecule has 5 rings (SSSR count). The molecule has 39 heavy (non-hydrogen) atoms. The highest BCUT2D eigenvalue weighted by Gasteiger charge is 2.37. The van der Waals surface area contributed by atoms with Crippen LogP contribution in [0.5, 0.6) is 5.75 Å². The SMILES string of the molecule is CC(C)Oc1ccc(-c2nc(-c3cccc4c3CC[C@@H]4N(CCO)S(=O)(=O)c3ccccc3)no2)cc1C#N. The lowest BCUT2D eigenvalue weighted by atomic mass is 10.0. The summed E-state index contributed by atoms with van der Waals surface area (Å²) in [5.74, 6) is 1.13. The Bertz CT molecular complexity index is 1630. The maximum absolute atomic E-state index is 13.5. The van der Waals surface area contributed by atoms with Crippen molar-refractivity contribution in [1.29, 1.82) is 5.26 Å². The van der Waals surface area contributed by atoms with Crippen molar-refractivity contribution in [3.63, 3.8) is 0 Å². The van der Waals surface area contributed by atoms with E-state index in [0.717, 1.165) is 16.7 Å². The van der Waals surface area contributed by atoms with Gasteiger partial charge in [-0.3, -0.25) is 0 Å². The Labute approximate surface area is 227 Å². The smallest absolute Gasteiger partial charge is 0.258 e. The van der Waals surface area contributed by atoms with Crippen LogP contribution in [-0.2, 0) is 16.4 Å². The molecule has 0 fully saturated rings. The molecule has 0 radical (unpaired) electrons. The van der Waals surface area contributed by atoms with E-state index in [1.165, 1.54) is 4.31 Å². The van der Waals surface area contributed by atoms with Crippen LogP contribution in [0, 0.1) is 11.3 Å². The third-order valence-electron chi connectivity index (χ3n) is 6.63. The molecule has 1 aromatic heterocycles. The molecule has 1 heterocycles. The molecule has 1 aliphatic carbocycles. The molecule has 1 atom stereocenters. The van der Waals surface area contributed by atoms with Gasteiger partial charge in [-0.15, -0.1) is 0 Å². The molecule has 0 aliphatic heterocycles. The molecule has 3 aromatic carbocycles. The van der Waals surface area contributed by atoms with E-state index in [1.807, 2.05) is 32.0 Å². The molecule has 0 spiro atoms. The zero-order chi connectivity index (χ0) is 27.6. The minimum absolute atomic E-state index is 0.0182. The summed E-state index contributed by atoms with van der Waals surface area (Å²) in [6.45, 7) is 3.47. The van der Waals surface area contributed by atoms with E-state index in [0.29, 0.717) is 35.5 Å². The lowest BCUT2D eigenvalue weighted by molar-refractivity contribution is 0.225. The molecule has 0 bridgehead atoms. The van der Waals surface area contributed by atoms with E-state index in [-0.39, 0.29) is 30.0 Å². The summed E-state index contributed by atoms with van der Waals surface area (Å²) in [6, 6.07) is 20.7. The first-order chi connectivity index (χ1) is 18.8. The Kier molecular flexibility index (Phi) is 7.48. The van der Waals surface area contributed by atoms with Crippen LogP contribution in [0.15, 0.2) is 76.1 Å². The van der Waals surface area contributed by atoms with E-state index >= 15 is 0 Å². The average Bonchev–Trinajstić information content (AvgIpc) is 3.60. The first-order valence-electron chi connectivity index (χ1n) is 12.7. The normalized spacial score (nSPS) is 14.9. The highest BCUT2D eigenvalue weighted by molar-refractivity contribution is 7.89. The lowest BCUT2D eigenvalue weighted by Crippen LogP contribution is -2.36. The minimum atomic E-state index is -3.83. The number of aromatic nitrogens is 2. The number of aliphatic hydroxyl groups is 1. The van der Waals surface area contributed by atoms with Crippen molar-refractivity contribution >= 4 is 10.0 Å². The zero-order valence-corrected chi connectivity index (χ0v) is 22.4. The van der Waals surface area contributed by atoms with E-state index in [1.54, 1.807) is 48.5 Å². The third-order valence-corrected chi connectivity index (χ3v) is 8.56. The van der Waals surface area contributed by atoms with Gasteiger partial charge in [-0.25, -0.2) is 8.42 Å². The summed E-state index contributed by atoms with van der Waals surface area (Å²) >= 11 is 0. The van der Waals surface area contributed by atoms with E-state index < -0.39 is 16.1 Å². The fourth-order valence-electron chi connectivity index (χ4n) is 4.97. The van der Waals surface area contributed by atoms with Crippen LogP contribution in [0.3, 0.4) is 0 Å². The molecule has 9 nitrogen and oxygen atoms in total. The highest BCUT2D eigenvalue weighted by atomic mass is 32.2. The maximum atomic E-state index is 13.5. The molecule has 0 unspecified atom stereocenters. The van der Waals surface area contributed by atoms with Crippen molar-refractivity contribution in [3.8, 4) is 34.7 Å². The van der Waals surface area contributed by atoms with E-state index in [4.69, 9.17) is 9.26 Å². The maximum Gasteiger partial charge on any atom is 0.258 e. The predicted molar refractivity (Wildman–Crippen MR) is 144 cm³/mol. The Balaban J connectivity index is 1.48. The average molecular weight is 545 g/mol. The van der Waals surface area contributed by atoms with Crippen molar-refractivity contribution in [3.05, 3.63) is 83.4 Å². The number of nitriles is 1. The first kappa shape index (κ1) is 26.6. The largest absolute Gasteiger partial charge is 0.490 e. The summed E-state index contributed by atoms with van der Waals surface area (Å²) < 4.78 is 39.7. The molecule has 4 aromatic rings. The number of rotatable bonds is 9. The third kappa shape index (κ3) is 5.16. The fourth-order valence-corrected chi connectivity index (χ4v) is 6.62. The summed E-state index contributed by atoms with van der Waals surface area (Å²) in [6.07, 6.45) is 1.11. The number of nitrogens with zero attached hydrogens (tertiary/aromatic N) is 4. The molecular weight excluding hydrogens is 516 g/mol. The Morgan fingerprint density at radius 2 is 1.95 bits per heavy atom. The Hall–Kier alpha value is -4.04. The van der Waals surface area contributed by atoms with Crippen molar-refractivity contribution in [2.45, 2.75) is 43.7 Å². The van der Waals surface area contributed by atoms with Gasteiger partial charge in [-0.1, -0.05) is 41.6 Å². The van der Waals surface area contributed by atoms with Crippen LogP contribution in [0.1, 0.15) is 43.0 Å². The predicted octanol–water partition coefficient (Wildman–Crippen LogP) is 4.73. The number of benzene rings is 3. The summed E-state index contributed by atoms with van der Waals surface area (Å²) in [7, 11) is -3.83. The van der Waals surface area contributed by atoms with Crippen molar-refractivity contribution in [2.75, 3.05) is 13.2 Å². The Morgan fingerprint density at radius 3 is 2.67 bits per heavy atom. The van der Waals surface area contributed by atoms with E-state index in [2.05, 4.69) is 16.2 Å². The highest BCUT2D eigenvalue weighted by Crippen LogP contribution is 2.42. The van der Waals surface area contributed by atoms with E-state index in [9.17, 15) is 18.8 Å². The molecule has 1 N–H and O–H groups in total. The van der Waals surface area contributed by atoms with Crippen LogP contribution >= 0.6 is 0 Å². The second-order valence-corrected chi connectivity index (χ2v) is 11.4. The van der Waals surface area contributed by atoms with Gasteiger partial charge in [0.05, 0.1) is 29.2 Å². The van der Waals surface area contributed by atoms with Gasteiger partial charge in [0.25, 0.3) is 5.89 Å². The van der Waals surface area contributed by atoms with Crippen LogP contribution in [0.2, 0.25) is 0 Å². The van der Waals surface area contributed by atoms with Crippen molar-refractivity contribution < 1.29 is 22.8 Å². The van der Waals surface area contributed by atoms with Crippen LogP contribution in [0.25, 0.3) is 22.8 Å². The fraction of sp³-hybridized carbons (Fsp3) is 0.276. The quantitative estimate of drug-likeness (QED) is 0.320. The lowest BCUT2D eigenvalue weighted by Gasteiger charge is -2.28. The monoisotopic (exact) mass is 544 g/mol. The molecule has 0 saturated carbocycles. The molecule has 10 heteroatoms. The zero-order valence-electron chi connectivity index (χ0n) is 21.6. The molecule has 1 aliphatic rings. The second kappa shape index (κ2) is 11.0. The second-order valence-electron chi connectivity index (χ2n) is 9.49. The number of ether oxygens (including phenoxy) is 1. The minimum Gasteiger partial charge on any atom is -0.490 e. The van der Waals surface area contributed by atoms with Gasteiger partial charge in [-0.2, -0.15) is 14.6 Å². The van der Waals surface area contributed by atoms with Gasteiger partial charge in [0.1, 0.15) is 11.8 Å². The van der Waals surface area contributed by atoms with Crippen LogP contribution in [-0.4, -0.2) is 47.2 Å². The van der Waals surface area contributed by atoms with Crippen LogP contribution < -0.4 is 4.74 Å².